The minimum atomic E-state index is 0.569. The van der Waals surface area contributed by atoms with Crippen molar-refractivity contribution >= 4 is 0 Å². The van der Waals surface area contributed by atoms with Crippen LogP contribution in [-0.4, -0.2) is 47.5 Å². The van der Waals surface area contributed by atoms with Crippen LogP contribution in [0.1, 0.15) is 37.9 Å². The van der Waals surface area contributed by atoms with Crippen LogP contribution >= 0.6 is 0 Å². The Balaban J connectivity index is 1.86. The van der Waals surface area contributed by atoms with E-state index < -0.39 is 0 Å². The number of nitrogens with zero attached hydrogens (tertiary/aromatic N) is 3. The number of hydrogen-bond acceptors (Lipinski definition) is 3. The van der Waals surface area contributed by atoms with Gasteiger partial charge in [-0.3, -0.25) is 9.88 Å². The van der Waals surface area contributed by atoms with Crippen molar-refractivity contribution in [3.63, 3.8) is 0 Å². The van der Waals surface area contributed by atoms with Gasteiger partial charge >= 0.3 is 0 Å². The van der Waals surface area contributed by atoms with E-state index in [-0.39, 0.29) is 0 Å². The van der Waals surface area contributed by atoms with Gasteiger partial charge in [-0.1, -0.05) is 26.8 Å². The molecule has 0 unspecified atom stereocenters. The molecule has 0 amide bonds. The Hall–Kier alpha value is -0.930. The molecule has 0 bridgehead atoms. The summed E-state index contributed by atoms with van der Waals surface area (Å²) >= 11 is 0. The van der Waals surface area contributed by atoms with Crippen molar-refractivity contribution in [1.82, 2.24) is 14.8 Å². The van der Waals surface area contributed by atoms with E-state index in [9.17, 15) is 0 Å². The summed E-state index contributed by atoms with van der Waals surface area (Å²) in [6.45, 7) is 13.6. The number of aromatic nitrogens is 1. The van der Waals surface area contributed by atoms with Crippen molar-refractivity contribution < 1.29 is 0 Å². The van der Waals surface area contributed by atoms with Crippen LogP contribution in [0.15, 0.2) is 18.3 Å². The van der Waals surface area contributed by atoms with Crippen LogP contribution in [0.2, 0.25) is 0 Å². The van der Waals surface area contributed by atoms with E-state index in [1.165, 1.54) is 44.0 Å². The lowest BCUT2D eigenvalue weighted by Gasteiger charge is -2.33. The van der Waals surface area contributed by atoms with Gasteiger partial charge in [0.25, 0.3) is 0 Å². The second-order valence-corrected chi connectivity index (χ2v) is 5.45. The zero-order valence-electron chi connectivity index (χ0n) is 11.9. The Bertz CT molecular complexity index is 351. The van der Waals surface area contributed by atoms with E-state index in [2.05, 4.69) is 47.7 Å². The van der Waals surface area contributed by atoms with E-state index in [0.29, 0.717) is 5.92 Å². The third-order valence-corrected chi connectivity index (χ3v) is 3.81. The van der Waals surface area contributed by atoms with Gasteiger partial charge < -0.3 is 4.90 Å². The predicted molar refractivity (Wildman–Crippen MR) is 75.7 cm³/mol. The smallest absolute Gasteiger partial charge is 0.0544 e. The van der Waals surface area contributed by atoms with Gasteiger partial charge in [0.1, 0.15) is 0 Å². The zero-order valence-corrected chi connectivity index (χ0v) is 11.9. The number of piperazine rings is 1. The van der Waals surface area contributed by atoms with Crippen LogP contribution in [0.5, 0.6) is 0 Å². The first kappa shape index (κ1) is 13.5. The van der Waals surface area contributed by atoms with E-state index in [4.69, 9.17) is 0 Å². The zero-order chi connectivity index (χ0) is 13.0. The van der Waals surface area contributed by atoms with Crippen molar-refractivity contribution in [1.29, 1.82) is 0 Å². The summed E-state index contributed by atoms with van der Waals surface area (Å²) in [4.78, 5) is 9.59. The average molecular weight is 247 g/mol. The van der Waals surface area contributed by atoms with Crippen LogP contribution < -0.4 is 0 Å². The van der Waals surface area contributed by atoms with Gasteiger partial charge in [0, 0.05) is 38.9 Å². The van der Waals surface area contributed by atoms with Gasteiger partial charge in [0.2, 0.25) is 0 Å². The lowest BCUT2D eigenvalue weighted by Crippen LogP contribution is -2.45. The molecule has 1 saturated heterocycles. The van der Waals surface area contributed by atoms with Crippen LogP contribution in [0, 0.1) is 0 Å². The number of hydrogen-bond donors (Lipinski definition) is 0. The maximum absolute atomic E-state index is 4.58. The van der Waals surface area contributed by atoms with Gasteiger partial charge in [-0.15, -0.1) is 0 Å². The lowest BCUT2D eigenvalue weighted by molar-refractivity contribution is 0.131. The molecule has 2 heterocycles. The second-order valence-electron chi connectivity index (χ2n) is 5.45. The second kappa shape index (κ2) is 6.30. The highest BCUT2D eigenvalue weighted by Gasteiger charge is 2.15. The van der Waals surface area contributed by atoms with Crippen molar-refractivity contribution in [2.75, 3.05) is 32.7 Å². The maximum Gasteiger partial charge on any atom is 0.0544 e. The van der Waals surface area contributed by atoms with Crippen LogP contribution in [0.3, 0.4) is 0 Å². The molecule has 3 nitrogen and oxygen atoms in total. The molecule has 1 fully saturated rings. The highest BCUT2D eigenvalue weighted by Crippen LogP contribution is 2.14. The van der Waals surface area contributed by atoms with Gasteiger partial charge in [0.05, 0.1) is 5.69 Å². The summed E-state index contributed by atoms with van der Waals surface area (Å²) in [5.74, 6) is 0.569. The largest absolute Gasteiger partial charge is 0.301 e. The highest BCUT2D eigenvalue weighted by atomic mass is 15.3. The summed E-state index contributed by atoms with van der Waals surface area (Å²) in [6.07, 6.45) is 2.03. The van der Waals surface area contributed by atoms with Gasteiger partial charge in [-0.2, -0.15) is 0 Å². The van der Waals surface area contributed by atoms with Crippen LogP contribution in [0.4, 0.5) is 0 Å². The standard InChI is InChI=1S/C15H25N3/c1-4-17-7-9-18(10-8-17)12-15-6-5-14(11-16-15)13(2)3/h5-6,11,13H,4,7-10,12H2,1-3H3. The number of likely N-dealkylation sites (N-methyl/N-ethyl adjacent to an activating group) is 1. The first-order chi connectivity index (χ1) is 8.69. The molecule has 0 aliphatic carbocycles. The molecule has 2 rings (SSSR count). The normalized spacial score (nSPS) is 18.4. The van der Waals surface area contributed by atoms with E-state index in [0.717, 1.165) is 6.54 Å². The van der Waals surface area contributed by atoms with Crippen molar-refractivity contribution in [2.45, 2.75) is 33.2 Å². The number of pyridine rings is 1. The molecule has 0 aromatic carbocycles. The molecule has 1 aromatic heterocycles. The third-order valence-electron chi connectivity index (χ3n) is 3.81. The monoisotopic (exact) mass is 247 g/mol. The van der Waals surface area contributed by atoms with Crippen molar-refractivity contribution in [2.24, 2.45) is 0 Å². The molecule has 0 saturated carbocycles. The van der Waals surface area contributed by atoms with Crippen LogP contribution in [0.25, 0.3) is 0 Å². The van der Waals surface area contributed by atoms with E-state index in [1.807, 2.05) is 6.20 Å². The molecule has 18 heavy (non-hydrogen) atoms. The summed E-state index contributed by atoms with van der Waals surface area (Å²) in [5.41, 5.74) is 2.53. The Labute approximate surface area is 111 Å². The molecule has 100 valence electrons. The first-order valence-corrected chi connectivity index (χ1v) is 7.08. The molecule has 0 spiro atoms. The Kier molecular flexibility index (Phi) is 4.72. The Morgan fingerprint density at radius 3 is 2.28 bits per heavy atom. The van der Waals surface area contributed by atoms with E-state index in [1.54, 1.807) is 0 Å². The SMILES string of the molecule is CCN1CCN(Cc2ccc(C(C)C)cn2)CC1. The third kappa shape index (κ3) is 3.53. The highest BCUT2D eigenvalue weighted by molar-refractivity contribution is 5.17. The fourth-order valence-corrected chi connectivity index (χ4v) is 2.36. The quantitative estimate of drug-likeness (QED) is 0.814. The van der Waals surface area contributed by atoms with Gasteiger partial charge in [0.15, 0.2) is 0 Å². The fourth-order valence-electron chi connectivity index (χ4n) is 2.36. The minimum Gasteiger partial charge on any atom is -0.301 e. The topological polar surface area (TPSA) is 19.4 Å². The summed E-state index contributed by atoms with van der Waals surface area (Å²) in [7, 11) is 0. The van der Waals surface area contributed by atoms with E-state index >= 15 is 0 Å². The molecule has 3 heteroatoms. The minimum absolute atomic E-state index is 0.569. The molecular formula is C15H25N3. The molecule has 0 radical (unpaired) electrons. The summed E-state index contributed by atoms with van der Waals surface area (Å²) in [6, 6.07) is 4.40. The van der Waals surface area contributed by atoms with Crippen LogP contribution in [-0.2, 0) is 6.54 Å². The molecular weight excluding hydrogens is 222 g/mol. The first-order valence-electron chi connectivity index (χ1n) is 7.08. The number of rotatable bonds is 4. The van der Waals surface area contributed by atoms with Gasteiger partial charge in [-0.25, -0.2) is 0 Å². The predicted octanol–water partition coefficient (Wildman–Crippen LogP) is 2.34. The summed E-state index contributed by atoms with van der Waals surface area (Å²) in [5, 5.41) is 0. The average Bonchev–Trinajstić information content (AvgIpc) is 2.40. The fraction of sp³-hybridized carbons (Fsp3) is 0.667. The van der Waals surface area contributed by atoms with Crippen molar-refractivity contribution in [3.05, 3.63) is 29.6 Å². The molecule has 1 aromatic rings. The summed E-state index contributed by atoms with van der Waals surface area (Å²) < 4.78 is 0. The molecule has 1 aliphatic rings. The van der Waals surface area contributed by atoms with Gasteiger partial charge in [-0.05, 0) is 24.1 Å². The lowest BCUT2D eigenvalue weighted by atomic mass is 10.1. The Morgan fingerprint density at radius 1 is 1.11 bits per heavy atom. The Morgan fingerprint density at radius 2 is 1.78 bits per heavy atom. The van der Waals surface area contributed by atoms with Crippen molar-refractivity contribution in [3.8, 4) is 0 Å². The molecule has 0 N–H and O–H groups in total. The maximum atomic E-state index is 4.58. The molecule has 1 aliphatic heterocycles. The molecule has 0 atom stereocenters.